The molecule has 15 heavy (non-hydrogen) atoms. The van der Waals surface area contributed by atoms with E-state index in [0.717, 1.165) is 23.4 Å². The van der Waals surface area contributed by atoms with Crippen LogP contribution in [-0.2, 0) is 6.54 Å². The average Bonchev–Trinajstić information content (AvgIpc) is 2.65. The Morgan fingerprint density at radius 3 is 2.60 bits per heavy atom. The van der Waals surface area contributed by atoms with Crippen molar-refractivity contribution in [1.29, 1.82) is 0 Å². The van der Waals surface area contributed by atoms with Crippen molar-refractivity contribution in [1.82, 2.24) is 4.57 Å². The molecule has 0 amide bonds. The molecule has 0 unspecified atom stereocenters. The maximum absolute atomic E-state index is 5.33. The number of rotatable bonds is 3. The topological polar surface area (TPSA) is 23.4 Å². The van der Waals surface area contributed by atoms with Gasteiger partial charge in [-0.05, 0) is 25.1 Å². The third-order valence-electron chi connectivity index (χ3n) is 2.61. The molecule has 1 aromatic carbocycles. The minimum atomic E-state index is 0.856. The first kappa shape index (κ1) is 9.90. The number of benzene rings is 1. The van der Waals surface area contributed by atoms with Crippen LogP contribution in [-0.4, -0.2) is 18.8 Å². The Hall–Kier alpha value is -1.64. The third kappa shape index (κ3) is 1.54. The molecular formula is C12H15NO2. The zero-order chi connectivity index (χ0) is 10.8. The van der Waals surface area contributed by atoms with Gasteiger partial charge in [-0.25, -0.2) is 0 Å². The molecule has 2 aromatic rings. The van der Waals surface area contributed by atoms with E-state index in [4.69, 9.17) is 9.47 Å². The van der Waals surface area contributed by atoms with Gasteiger partial charge in [0.2, 0.25) is 0 Å². The van der Waals surface area contributed by atoms with E-state index >= 15 is 0 Å². The van der Waals surface area contributed by atoms with Crippen LogP contribution >= 0.6 is 0 Å². The van der Waals surface area contributed by atoms with Gasteiger partial charge < -0.3 is 14.0 Å². The second-order valence-electron chi connectivity index (χ2n) is 3.37. The molecule has 80 valence electrons. The van der Waals surface area contributed by atoms with Crippen LogP contribution in [0.15, 0.2) is 24.4 Å². The number of aryl methyl sites for hydroxylation is 1. The van der Waals surface area contributed by atoms with Crippen LogP contribution in [0.4, 0.5) is 0 Å². The first-order valence-corrected chi connectivity index (χ1v) is 5.01. The fourth-order valence-electron chi connectivity index (χ4n) is 1.79. The van der Waals surface area contributed by atoms with Gasteiger partial charge in [0, 0.05) is 18.1 Å². The van der Waals surface area contributed by atoms with E-state index in [-0.39, 0.29) is 0 Å². The quantitative estimate of drug-likeness (QED) is 0.769. The minimum Gasteiger partial charge on any atom is -0.497 e. The number of aromatic nitrogens is 1. The Balaban J connectivity index is 2.68. The monoisotopic (exact) mass is 205 g/mol. The number of methoxy groups -OCH3 is 2. The fraction of sp³-hybridized carbons (Fsp3) is 0.333. The van der Waals surface area contributed by atoms with E-state index in [2.05, 4.69) is 17.6 Å². The van der Waals surface area contributed by atoms with Gasteiger partial charge in [-0.2, -0.15) is 0 Å². The lowest BCUT2D eigenvalue weighted by atomic mass is 10.2. The van der Waals surface area contributed by atoms with E-state index in [1.54, 1.807) is 14.2 Å². The molecule has 0 bridgehead atoms. The van der Waals surface area contributed by atoms with Gasteiger partial charge in [0.25, 0.3) is 0 Å². The van der Waals surface area contributed by atoms with Crippen LogP contribution in [0.2, 0.25) is 0 Å². The van der Waals surface area contributed by atoms with Crippen molar-refractivity contribution in [3.63, 3.8) is 0 Å². The number of hydrogen-bond donors (Lipinski definition) is 0. The van der Waals surface area contributed by atoms with Crippen LogP contribution in [0, 0.1) is 0 Å². The Kier molecular flexibility index (Phi) is 2.54. The summed E-state index contributed by atoms with van der Waals surface area (Å²) in [6, 6.07) is 6.02. The van der Waals surface area contributed by atoms with E-state index in [0.29, 0.717) is 0 Å². The lowest BCUT2D eigenvalue weighted by molar-refractivity contribution is 0.412. The van der Waals surface area contributed by atoms with Gasteiger partial charge in [-0.1, -0.05) is 0 Å². The third-order valence-corrected chi connectivity index (χ3v) is 2.61. The molecular weight excluding hydrogens is 190 g/mol. The number of fused-ring (bicyclic) bond motifs is 1. The molecule has 0 fully saturated rings. The van der Waals surface area contributed by atoms with Crippen molar-refractivity contribution < 1.29 is 9.47 Å². The first-order valence-electron chi connectivity index (χ1n) is 5.01. The molecule has 0 saturated carbocycles. The van der Waals surface area contributed by atoms with Crippen LogP contribution in [0.25, 0.3) is 10.9 Å². The van der Waals surface area contributed by atoms with Crippen molar-refractivity contribution in [2.75, 3.05) is 14.2 Å². The second-order valence-corrected chi connectivity index (χ2v) is 3.37. The van der Waals surface area contributed by atoms with Gasteiger partial charge in [0.15, 0.2) is 0 Å². The molecule has 0 radical (unpaired) electrons. The average molecular weight is 205 g/mol. The SMILES string of the molecule is CCn1cc(OC)c2cc(OC)ccc21. The summed E-state index contributed by atoms with van der Waals surface area (Å²) < 4.78 is 12.7. The van der Waals surface area contributed by atoms with Gasteiger partial charge in [0.1, 0.15) is 11.5 Å². The number of hydrogen-bond acceptors (Lipinski definition) is 2. The van der Waals surface area contributed by atoms with Crippen LogP contribution in [0.5, 0.6) is 11.5 Å². The maximum Gasteiger partial charge on any atom is 0.144 e. The molecule has 0 N–H and O–H groups in total. The molecule has 2 rings (SSSR count). The Morgan fingerprint density at radius 2 is 2.00 bits per heavy atom. The largest absolute Gasteiger partial charge is 0.497 e. The van der Waals surface area contributed by atoms with Crippen LogP contribution in [0.3, 0.4) is 0 Å². The highest BCUT2D eigenvalue weighted by Gasteiger charge is 2.08. The van der Waals surface area contributed by atoms with E-state index in [1.165, 1.54) is 5.52 Å². The van der Waals surface area contributed by atoms with Crippen LogP contribution < -0.4 is 9.47 Å². The Bertz CT molecular complexity index is 474. The van der Waals surface area contributed by atoms with Crippen LogP contribution in [0.1, 0.15) is 6.92 Å². The normalized spacial score (nSPS) is 10.6. The highest BCUT2D eigenvalue weighted by atomic mass is 16.5. The zero-order valence-corrected chi connectivity index (χ0v) is 9.28. The van der Waals surface area contributed by atoms with Gasteiger partial charge in [0.05, 0.1) is 19.7 Å². The number of nitrogens with zero attached hydrogens (tertiary/aromatic N) is 1. The molecule has 0 saturated heterocycles. The maximum atomic E-state index is 5.33. The lowest BCUT2D eigenvalue weighted by Crippen LogP contribution is -1.90. The summed E-state index contributed by atoms with van der Waals surface area (Å²) in [6.07, 6.45) is 2.02. The molecule has 1 aromatic heterocycles. The highest BCUT2D eigenvalue weighted by Crippen LogP contribution is 2.30. The summed E-state index contributed by atoms with van der Waals surface area (Å²) in [7, 11) is 3.36. The van der Waals surface area contributed by atoms with Gasteiger partial charge in [-0.15, -0.1) is 0 Å². The Labute approximate surface area is 89.2 Å². The minimum absolute atomic E-state index is 0.856. The zero-order valence-electron chi connectivity index (χ0n) is 9.28. The molecule has 3 nitrogen and oxygen atoms in total. The molecule has 0 atom stereocenters. The molecule has 0 spiro atoms. The highest BCUT2D eigenvalue weighted by molar-refractivity contribution is 5.88. The van der Waals surface area contributed by atoms with Crippen molar-refractivity contribution in [2.24, 2.45) is 0 Å². The van der Waals surface area contributed by atoms with Gasteiger partial charge >= 0.3 is 0 Å². The lowest BCUT2D eigenvalue weighted by Gasteiger charge is -2.02. The first-order chi connectivity index (χ1) is 7.30. The summed E-state index contributed by atoms with van der Waals surface area (Å²) in [5.74, 6) is 1.75. The summed E-state index contributed by atoms with van der Waals surface area (Å²) in [5, 5.41) is 1.10. The van der Waals surface area contributed by atoms with E-state index < -0.39 is 0 Å². The fourth-order valence-corrected chi connectivity index (χ4v) is 1.79. The standard InChI is InChI=1S/C12H15NO2/c1-4-13-8-12(15-3)10-7-9(14-2)5-6-11(10)13/h5-8H,4H2,1-3H3. The van der Waals surface area contributed by atoms with Gasteiger partial charge in [-0.3, -0.25) is 0 Å². The molecule has 3 heteroatoms. The molecule has 1 heterocycles. The van der Waals surface area contributed by atoms with Crippen molar-refractivity contribution >= 4 is 10.9 Å². The van der Waals surface area contributed by atoms with E-state index in [1.807, 2.05) is 18.3 Å². The summed E-state index contributed by atoms with van der Waals surface area (Å²) in [6.45, 7) is 3.05. The smallest absolute Gasteiger partial charge is 0.144 e. The number of ether oxygens (including phenoxy) is 2. The summed E-state index contributed by atoms with van der Waals surface area (Å²) in [4.78, 5) is 0. The van der Waals surface area contributed by atoms with Crippen molar-refractivity contribution in [3.8, 4) is 11.5 Å². The molecule has 0 aliphatic rings. The Morgan fingerprint density at radius 1 is 1.20 bits per heavy atom. The summed E-state index contributed by atoms with van der Waals surface area (Å²) >= 11 is 0. The molecule has 0 aliphatic carbocycles. The predicted octanol–water partition coefficient (Wildman–Crippen LogP) is 2.68. The van der Waals surface area contributed by atoms with E-state index in [9.17, 15) is 0 Å². The van der Waals surface area contributed by atoms with Crippen molar-refractivity contribution in [2.45, 2.75) is 13.5 Å². The molecule has 0 aliphatic heterocycles. The predicted molar refractivity (Wildman–Crippen MR) is 60.7 cm³/mol. The summed E-state index contributed by atoms with van der Waals surface area (Å²) in [5.41, 5.74) is 1.18. The van der Waals surface area contributed by atoms with Crippen molar-refractivity contribution in [3.05, 3.63) is 24.4 Å². The second kappa shape index (κ2) is 3.85.